The van der Waals surface area contributed by atoms with Crippen molar-refractivity contribution < 1.29 is 28.4 Å². The summed E-state index contributed by atoms with van der Waals surface area (Å²) in [4.78, 5) is 27.6. The van der Waals surface area contributed by atoms with Gasteiger partial charge in [0.2, 0.25) is 0 Å². The third-order valence-corrected chi connectivity index (χ3v) is 1.97. The number of carbonyl (C=O) groups is 1. The summed E-state index contributed by atoms with van der Waals surface area (Å²) in [5.41, 5.74) is 0. The van der Waals surface area contributed by atoms with Crippen LogP contribution in [-0.2, 0) is 18.6 Å². The van der Waals surface area contributed by atoms with Gasteiger partial charge in [0.15, 0.2) is 0 Å². The lowest BCUT2D eigenvalue weighted by Crippen LogP contribution is -2.07. The molecule has 94 valence electrons. The van der Waals surface area contributed by atoms with Crippen LogP contribution in [0.5, 0.6) is 0 Å². The molecule has 0 fully saturated rings. The molecule has 16 heavy (non-hydrogen) atoms. The number of ether oxygens (including phenoxy) is 1. The van der Waals surface area contributed by atoms with Crippen molar-refractivity contribution in [3.63, 3.8) is 0 Å². The molecule has 0 aromatic carbocycles. The van der Waals surface area contributed by atoms with E-state index in [0.29, 0.717) is 5.92 Å². The monoisotopic (exact) mass is 252 g/mol. The maximum atomic E-state index is 11.0. The van der Waals surface area contributed by atoms with Crippen LogP contribution in [0.2, 0.25) is 0 Å². The predicted molar refractivity (Wildman–Crippen MR) is 57.6 cm³/mol. The van der Waals surface area contributed by atoms with Gasteiger partial charge < -0.3 is 14.5 Å². The summed E-state index contributed by atoms with van der Waals surface area (Å²) in [5.74, 6) is -0.0861. The van der Waals surface area contributed by atoms with E-state index in [1.54, 1.807) is 6.08 Å². The molecule has 0 rings (SSSR count). The Morgan fingerprint density at radius 2 is 2.00 bits per heavy atom. The zero-order chi connectivity index (χ0) is 12.6. The smallest absolute Gasteiger partial charge is 0.460 e. The molecule has 0 aromatic heterocycles. The Bertz CT molecular complexity index is 280. The number of phosphoric ester groups is 1. The summed E-state index contributed by atoms with van der Waals surface area (Å²) in [5, 5.41) is 0. The third-order valence-electron chi connectivity index (χ3n) is 1.45. The molecule has 0 heterocycles. The highest BCUT2D eigenvalue weighted by Gasteiger charge is 2.13. The second kappa shape index (κ2) is 7.57. The van der Waals surface area contributed by atoms with Crippen molar-refractivity contribution in [1.29, 1.82) is 0 Å². The van der Waals surface area contributed by atoms with E-state index in [-0.39, 0.29) is 13.2 Å². The van der Waals surface area contributed by atoms with E-state index in [1.165, 1.54) is 6.08 Å². The van der Waals surface area contributed by atoms with Crippen LogP contribution in [0.3, 0.4) is 0 Å². The Balaban J connectivity index is 3.59. The van der Waals surface area contributed by atoms with E-state index in [2.05, 4.69) is 9.26 Å². The molecule has 0 radical (unpaired) electrons. The van der Waals surface area contributed by atoms with E-state index in [4.69, 9.17) is 9.79 Å². The maximum absolute atomic E-state index is 11.0. The van der Waals surface area contributed by atoms with E-state index in [0.717, 1.165) is 6.42 Å². The fourth-order valence-electron chi connectivity index (χ4n) is 0.783. The number of phosphoric acid groups is 1. The molecule has 6 nitrogen and oxygen atoms in total. The van der Waals surface area contributed by atoms with Gasteiger partial charge in [-0.3, -0.25) is 4.52 Å². The van der Waals surface area contributed by atoms with Crippen LogP contribution in [0.25, 0.3) is 0 Å². The van der Waals surface area contributed by atoms with Crippen LogP contribution in [0.1, 0.15) is 20.3 Å². The van der Waals surface area contributed by atoms with Gasteiger partial charge >= 0.3 is 13.8 Å². The van der Waals surface area contributed by atoms with Crippen molar-refractivity contribution in [3.05, 3.63) is 12.2 Å². The molecule has 7 heteroatoms. The first-order valence-corrected chi connectivity index (χ1v) is 6.37. The zero-order valence-corrected chi connectivity index (χ0v) is 10.2. The van der Waals surface area contributed by atoms with Gasteiger partial charge in [-0.05, 0) is 12.3 Å². The summed E-state index contributed by atoms with van der Waals surface area (Å²) < 4.78 is 19.0. The lowest BCUT2D eigenvalue weighted by atomic mass is 10.1. The molecule has 0 unspecified atom stereocenters. The van der Waals surface area contributed by atoms with Crippen molar-refractivity contribution in [2.45, 2.75) is 20.3 Å². The Kier molecular flexibility index (Phi) is 7.25. The van der Waals surface area contributed by atoms with Crippen molar-refractivity contribution in [3.8, 4) is 0 Å². The minimum Gasteiger partial charge on any atom is -0.460 e. The minimum absolute atomic E-state index is 0.185. The summed E-state index contributed by atoms with van der Waals surface area (Å²) >= 11 is 0. The molecule has 0 aromatic rings. The molecule has 2 N–H and O–H groups in total. The first-order chi connectivity index (χ1) is 7.31. The SMILES string of the molecule is CC(C)CC=CC(=O)OCCOP(=O)(O)O. The largest absolute Gasteiger partial charge is 0.469 e. The van der Waals surface area contributed by atoms with Crippen LogP contribution in [0.15, 0.2) is 12.2 Å². The maximum Gasteiger partial charge on any atom is 0.469 e. The van der Waals surface area contributed by atoms with Crippen molar-refractivity contribution in [2.24, 2.45) is 5.92 Å². The highest BCUT2D eigenvalue weighted by Crippen LogP contribution is 2.35. The Morgan fingerprint density at radius 3 is 2.50 bits per heavy atom. The minimum atomic E-state index is -4.47. The summed E-state index contributed by atoms with van der Waals surface area (Å²) in [6.07, 6.45) is 3.75. The average Bonchev–Trinajstić information content (AvgIpc) is 2.10. The number of carbonyl (C=O) groups excluding carboxylic acids is 1. The molecular formula is C9H17O6P. The molecule has 0 spiro atoms. The van der Waals surface area contributed by atoms with Crippen LogP contribution in [-0.4, -0.2) is 29.0 Å². The highest BCUT2D eigenvalue weighted by atomic mass is 31.2. The zero-order valence-electron chi connectivity index (χ0n) is 9.33. The molecule has 0 atom stereocenters. The van der Waals surface area contributed by atoms with E-state index >= 15 is 0 Å². The van der Waals surface area contributed by atoms with E-state index in [9.17, 15) is 9.36 Å². The molecule has 0 aliphatic heterocycles. The second-order valence-corrected chi connectivity index (χ2v) is 4.76. The van der Waals surface area contributed by atoms with Gasteiger partial charge in [-0.25, -0.2) is 9.36 Å². The fraction of sp³-hybridized carbons (Fsp3) is 0.667. The van der Waals surface area contributed by atoms with Gasteiger partial charge in [0, 0.05) is 6.08 Å². The van der Waals surface area contributed by atoms with E-state index < -0.39 is 13.8 Å². The average molecular weight is 252 g/mol. The molecule has 0 aliphatic rings. The normalized spacial score (nSPS) is 12.3. The van der Waals surface area contributed by atoms with Gasteiger partial charge in [0.05, 0.1) is 6.61 Å². The van der Waals surface area contributed by atoms with Gasteiger partial charge in [-0.1, -0.05) is 19.9 Å². The van der Waals surface area contributed by atoms with Crippen molar-refractivity contribution in [2.75, 3.05) is 13.2 Å². The Hall–Kier alpha value is -0.680. The number of rotatable bonds is 7. The van der Waals surface area contributed by atoms with Crippen LogP contribution >= 0.6 is 7.82 Å². The highest BCUT2D eigenvalue weighted by molar-refractivity contribution is 7.46. The lowest BCUT2D eigenvalue weighted by molar-refractivity contribution is -0.138. The molecule has 0 amide bonds. The molecule has 0 bridgehead atoms. The van der Waals surface area contributed by atoms with Gasteiger partial charge in [0.1, 0.15) is 6.61 Å². The molecule has 0 aliphatic carbocycles. The molecule has 0 saturated carbocycles. The van der Waals surface area contributed by atoms with Gasteiger partial charge in [-0.2, -0.15) is 0 Å². The van der Waals surface area contributed by atoms with Gasteiger partial charge in [0.25, 0.3) is 0 Å². The number of allylic oxidation sites excluding steroid dienone is 1. The summed E-state index contributed by atoms with van der Waals surface area (Å²) in [7, 11) is -4.47. The topological polar surface area (TPSA) is 93.1 Å². The summed E-state index contributed by atoms with van der Waals surface area (Å²) in [6.45, 7) is 3.52. The lowest BCUT2D eigenvalue weighted by Gasteiger charge is -2.04. The standard InChI is InChI=1S/C9H17O6P/c1-8(2)4-3-5-9(10)14-6-7-15-16(11,12)13/h3,5,8H,4,6-7H2,1-2H3,(H2,11,12,13). The Labute approximate surface area is 94.5 Å². The Morgan fingerprint density at radius 1 is 1.38 bits per heavy atom. The first-order valence-electron chi connectivity index (χ1n) is 4.84. The molecule has 0 saturated heterocycles. The van der Waals surface area contributed by atoms with E-state index in [1.807, 2.05) is 13.8 Å². The van der Waals surface area contributed by atoms with Crippen LogP contribution < -0.4 is 0 Å². The van der Waals surface area contributed by atoms with Crippen molar-refractivity contribution >= 4 is 13.8 Å². The van der Waals surface area contributed by atoms with Crippen LogP contribution in [0.4, 0.5) is 0 Å². The predicted octanol–water partition coefficient (Wildman–Crippen LogP) is 1.24. The van der Waals surface area contributed by atoms with Crippen molar-refractivity contribution in [1.82, 2.24) is 0 Å². The number of esters is 1. The quantitative estimate of drug-likeness (QED) is 0.306. The van der Waals surface area contributed by atoms with Crippen LogP contribution in [0, 0.1) is 5.92 Å². The number of hydrogen-bond acceptors (Lipinski definition) is 4. The molecular weight excluding hydrogens is 235 g/mol. The first kappa shape index (κ1) is 15.3. The third kappa shape index (κ3) is 11.4. The second-order valence-electron chi connectivity index (χ2n) is 3.52. The summed E-state index contributed by atoms with van der Waals surface area (Å²) in [6, 6.07) is 0. The number of hydrogen-bond donors (Lipinski definition) is 2. The fourth-order valence-corrected chi connectivity index (χ4v) is 1.10. The van der Waals surface area contributed by atoms with Gasteiger partial charge in [-0.15, -0.1) is 0 Å².